The van der Waals surface area contributed by atoms with Crippen LogP contribution in [0.3, 0.4) is 0 Å². The number of halogens is 2. The molecule has 1 aliphatic rings. The molecule has 112 valence electrons. The summed E-state index contributed by atoms with van der Waals surface area (Å²) in [6.07, 6.45) is 4.04. The molecule has 0 aromatic heterocycles. The normalized spacial score (nSPS) is 27.0. The molecule has 0 saturated heterocycles. The van der Waals surface area contributed by atoms with Crippen molar-refractivity contribution in [2.75, 3.05) is 0 Å². The minimum absolute atomic E-state index is 0.216. The topological polar surface area (TPSA) is 9.23 Å². The van der Waals surface area contributed by atoms with Crippen LogP contribution in [0.4, 0.5) is 4.39 Å². The molecule has 0 spiro atoms. The lowest BCUT2D eigenvalue weighted by Gasteiger charge is -2.37. The second-order valence-corrected chi connectivity index (χ2v) is 7.27. The molecular weight excluding hydrogens is 319 g/mol. The fraction of sp³-hybridized carbons (Fsp3) is 0.647. The number of benzene rings is 1. The van der Waals surface area contributed by atoms with Gasteiger partial charge in [-0.3, -0.25) is 0 Å². The summed E-state index contributed by atoms with van der Waals surface area (Å²) in [4.78, 5) is 0. The lowest BCUT2D eigenvalue weighted by Crippen LogP contribution is -2.34. The Hall–Kier alpha value is -0.410. The Bertz CT molecular complexity index is 447. The monoisotopic (exact) mass is 342 g/mol. The van der Waals surface area contributed by atoms with Gasteiger partial charge in [0.15, 0.2) is 0 Å². The lowest BCUT2D eigenvalue weighted by molar-refractivity contribution is -0.0474. The smallest absolute Gasteiger partial charge is 0.124 e. The molecule has 3 heteroatoms. The third kappa shape index (κ3) is 4.05. The highest BCUT2D eigenvalue weighted by Crippen LogP contribution is 2.36. The average molecular weight is 343 g/mol. The quantitative estimate of drug-likeness (QED) is 0.695. The van der Waals surface area contributed by atoms with Gasteiger partial charge in [0.05, 0.1) is 12.7 Å². The summed E-state index contributed by atoms with van der Waals surface area (Å²) in [5, 5.41) is 0. The van der Waals surface area contributed by atoms with Gasteiger partial charge in [0.2, 0.25) is 0 Å². The van der Waals surface area contributed by atoms with Gasteiger partial charge in [0.1, 0.15) is 5.82 Å². The van der Waals surface area contributed by atoms with Crippen LogP contribution in [-0.2, 0) is 11.3 Å². The Labute approximate surface area is 130 Å². The molecule has 0 radical (unpaired) electrons. The first kappa shape index (κ1) is 16.0. The molecule has 1 saturated carbocycles. The molecule has 2 rings (SSSR count). The van der Waals surface area contributed by atoms with Crippen LogP contribution in [-0.4, -0.2) is 6.10 Å². The van der Waals surface area contributed by atoms with Crippen LogP contribution < -0.4 is 0 Å². The first-order valence-electron chi connectivity index (χ1n) is 7.53. The zero-order valence-corrected chi connectivity index (χ0v) is 14.1. The van der Waals surface area contributed by atoms with Crippen LogP contribution in [0.5, 0.6) is 0 Å². The predicted octanol–water partition coefficient (Wildman–Crippen LogP) is 5.57. The summed E-state index contributed by atoms with van der Waals surface area (Å²) >= 11 is 3.41. The van der Waals surface area contributed by atoms with Gasteiger partial charge in [-0.2, -0.15) is 0 Å². The Balaban J connectivity index is 2.00. The maximum atomic E-state index is 13.1. The zero-order valence-electron chi connectivity index (χ0n) is 12.5. The first-order chi connectivity index (χ1) is 9.47. The first-order valence-corrected chi connectivity index (χ1v) is 8.32. The van der Waals surface area contributed by atoms with Crippen molar-refractivity contribution < 1.29 is 9.13 Å². The van der Waals surface area contributed by atoms with Crippen molar-refractivity contribution in [1.82, 2.24) is 0 Å². The van der Waals surface area contributed by atoms with Crippen LogP contribution in [0.15, 0.2) is 22.7 Å². The van der Waals surface area contributed by atoms with E-state index in [4.69, 9.17) is 4.74 Å². The maximum Gasteiger partial charge on any atom is 0.124 e. The molecule has 0 amide bonds. The molecule has 0 bridgehead atoms. The number of hydrogen-bond acceptors (Lipinski definition) is 1. The Morgan fingerprint density at radius 2 is 2.10 bits per heavy atom. The molecule has 0 N–H and O–H groups in total. The molecule has 0 aliphatic heterocycles. The van der Waals surface area contributed by atoms with Gasteiger partial charge in [0.25, 0.3) is 0 Å². The van der Waals surface area contributed by atoms with E-state index in [1.807, 2.05) is 0 Å². The Morgan fingerprint density at radius 3 is 2.75 bits per heavy atom. The highest BCUT2D eigenvalue weighted by Gasteiger charge is 2.31. The van der Waals surface area contributed by atoms with Crippen molar-refractivity contribution in [2.45, 2.75) is 52.7 Å². The summed E-state index contributed by atoms with van der Waals surface area (Å²) in [5.41, 5.74) is 1.02. The maximum absolute atomic E-state index is 13.1. The molecule has 1 aromatic rings. The number of rotatable bonds is 4. The highest BCUT2D eigenvalue weighted by atomic mass is 79.9. The van der Waals surface area contributed by atoms with Crippen molar-refractivity contribution in [3.8, 4) is 0 Å². The van der Waals surface area contributed by atoms with E-state index in [1.165, 1.54) is 25.0 Å². The van der Waals surface area contributed by atoms with Gasteiger partial charge < -0.3 is 4.74 Å². The van der Waals surface area contributed by atoms with Crippen LogP contribution >= 0.6 is 15.9 Å². The molecular formula is C17H24BrFO. The van der Waals surface area contributed by atoms with Gasteiger partial charge in [-0.25, -0.2) is 4.39 Å². The summed E-state index contributed by atoms with van der Waals surface area (Å²) in [6.45, 7) is 7.43. The Kier molecular flexibility index (Phi) is 5.62. The fourth-order valence-corrected chi connectivity index (χ4v) is 3.61. The molecule has 1 nitrogen and oxygen atoms in total. The van der Waals surface area contributed by atoms with Crippen molar-refractivity contribution in [2.24, 2.45) is 17.8 Å². The number of hydrogen-bond donors (Lipinski definition) is 0. The number of ether oxygens (including phenoxy) is 1. The fourth-order valence-electron chi connectivity index (χ4n) is 3.14. The minimum atomic E-state index is -0.216. The van der Waals surface area contributed by atoms with Gasteiger partial charge in [-0.05, 0) is 48.3 Å². The van der Waals surface area contributed by atoms with Gasteiger partial charge in [0, 0.05) is 4.47 Å². The van der Waals surface area contributed by atoms with E-state index in [1.54, 1.807) is 6.07 Å². The second kappa shape index (κ2) is 7.04. The molecule has 3 atom stereocenters. The van der Waals surface area contributed by atoms with Gasteiger partial charge >= 0.3 is 0 Å². The second-order valence-electron chi connectivity index (χ2n) is 6.41. The summed E-state index contributed by atoms with van der Waals surface area (Å²) in [7, 11) is 0. The van der Waals surface area contributed by atoms with E-state index >= 15 is 0 Å². The predicted molar refractivity (Wildman–Crippen MR) is 84.0 cm³/mol. The van der Waals surface area contributed by atoms with Crippen LogP contribution in [0, 0.1) is 23.6 Å². The molecule has 1 aromatic carbocycles. The summed E-state index contributed by atoms with van der Waals surface area (Å²) in [6, 6.07) is 4.80. The standard InChI is InChI=1S/C17H24BrFO/c1-11(2)15-7-4-12(3)8-17(15)20-10-13-5-6-14(19)9-16(13)18/h5-6,9,11-12,15,17H,4,7-8,10H2,1-3H3. The van der Waals surface area contributed by atoms with Crippen molar-refractivity contribution in [3.05, 3.63) is 34.1 Å². The van der Waals surface area contributed by atoms with Crippen LogP contribution in [0.1, 0.15) is 45.6 Å². The molecule has 1 fully saturated rings. The van der Waals surface area contributed by atoms with E-state index < -0.39 is 0 Å². The van der Waals surface area contributed by atoms with Gasteiger partial charge in [-0.1, -0.05) is 49.2 Å². The van der Waals surface area contributed by atoms with Crippen molar-refractivity contribution in [1.29, 1.82) is 0 Å². The van der Waals surface area contributed by atoms with E-state index in [9.17, 15) is 4.39 Å². The van der Waals surface area contributed by atoms with E-state index in [0.29, 0.717) is 24.5 Å². The molecule has 3 unspecified atom stereocenters. The lowest BCUT2D eigenvalue weighted by atomic mass is 9.75. The van der Waals surface area contributed by atoms with Crippen LogP contribution in [0.2, 0.25) is 0 Å². The third-order valence-electron chi connectivity index (χ3n) is 4.43. The highest BCUT2D eigenvalue weighted by molar-refractivity contribution is 9.10. The Morgan fingerprint density at radius 1 is 1.35 bits per heavy atom. The largest absolute Gasteiger partial charge is 0.373 e. The molecule has 1 aliphatic carbocycles. The SMILES string of the molecule is CC1CCC(C(C)C)C(OCc2ccc(F)cc2Br)C1. The van der Waals surface area contributed by atoms with E-state index in [-0.39, 0.29) is 5.82 Å². The van der Waals surface area contributed by atoms with Crippen LogP contribution in [0.25, 0.3) is 0 Å². The van der Waals surface area contributed by atoms with Gasteiger partial charge in [-0.15, -0.1) is 0 Å². The summed E-state index contributed by atoms with van der Waals surface area (Å²) < 4.78 is 20.1. The van der Waals surface area contributed by atoms with E-state index in [0.717, 1.165) is 22.4 Å². The molecule has 20 heavy (non-hydrogen) atoms. The zero-order chi connectivity index (χ0) is 14.7. The minimum Gasteiger partial charge on any atom is -0.373 e. The van der Waals surface area contributed by atoms with E-state index in [2.05, 4.69) is 36.7 Å². The summed E-state index contributed by atoms with van der Waals surface area (Å²) in [5.74, 6) is 1.83. The molecule has 0 heterocycles. The van der Waals surface area contributed by atoms with Crippen molar-refractivity contribution >= 4 is 15.9 Å². The average Bonchev–Trinajstić information content (AvgIpc) is 2.37. The third-order valence-corrected chi connectivity index (χ3v) is 5.17. The van der Waals surface area contributed by atoms with Crippen molar-refractivity contribution in [3.63, 3.8) is 0 Å².